The van der Waals surface area contributed by atoms with Crippen LogP contribution >= 0.6 is 0 Å². The molecule has 0 bridgehead atoms. The van der Waals surface area contributed by atoms with Crippen LogP contribution < -0.4 is 10.1 Å². The van der Waals surface area contributed by atoms with Crippen LogP contribution in [-0.4, -0.2) is 45.3 Å². The number of aromatic nitrogens is 1. The Labute approximate surface area is 155 Å². The zero-order chi connectivity index (χ0) is 19.3. The number of amides is 1. The van der Waals surface area contributed by atoms with Gasteiger partial charge in [0.2, 0.25) is 5.88 Å². The number of carbonyl (C=O) groups is 1. The first-order chi connectivity index (χ1) is 12.3. The topological polar surface area (TPSA) is 98.5 Å². The van der Waals surface area contributed by atoms with E-state index < -0.39 is 11.6 Å². The van der Waals surface area contributed by atoms with Gasteiger partial charge in [0.25, 0.3) is 0 Å². The molecule has 0 saturated heterocycles. The second-order valence-electron chi connectivity index (χ2n) is 7.57. The largest absolute Gasteiger partial charge is 0.477 e. The lowest BCUT2D eigenvalue weighted by molar-refractivity contribution is 0.0556. The summed E-state index contributed by atoms with van der Waals surface area (Å²) in [5.41, 5.74) is 0.0149. The van der Waals surface area contributed by atoms with Crippen molar-refractivity contribution < 1.29 is 14.6 Å². The van der Waals surface area contributed by atoms with Crippen molar-refractivity contribution in [3.63, 3.8) is 0 Å². The van der Waals surface area contributed by atoms with Crippen LogP contribution in [0.25, 0.3) is 0 Å². The van der Waals surface area contributed by atoms with Gasteiger partial charge in [-0.1, -0.05) is 0 Å². The zero-order valence-electron chi connectivity index (χ0n) is 16.0. The molecule has 1 fully saturated rings. The third kappa shape index (κ3) is 4.78. The van der Waals surface area contributed by atoms with Gasteiger partial charge in [0.1, 0.15) is 17.5 Å². The van der Waals surface area contributed by atoms with E-state index in [2.05, 4.69) is 16.4 Å². The minimum absolute atomic E-state index is 0.0402. The first kappa shape index (κ1) is 19.8. The van der Waals surface area contributed by atoms with E-state index in [0.717, 1.165) is 25.7 Å². The van der Waals surface area contributed by atoms with E-state index in [1.54, 1.807) is 17.0 Å². The van der Waals surface area contributed by atoms with E-state index in [4.69, 9.17) is 10.00 Å². The Balaban J connectivity index is 2.00. The summed E-state index contributed by atoms with van der Waals surface area (Å²) in [7, 11) is 0. The molecule has 1 aliphatic carbocycles. The normalized spacial score (nSPS) is 20.1. The molecule has 0 radical (unpaired) electrons. The Bertz CT molecular complexity index is 670. The predicted octanol–water partition coefficient (Wildman–Crippen LogP) is 3.85. The number of hydrogen-bond donors (Lipinski definition) is 2. The van der Waals surface area contributed by atoms with Crippen LogP contribution in [0, 0.1) is 11.3 Å². The molecule has 7 nitrogen and oxygen atoms in total. The van der Waals surface area contributed by atoms with Gasteiger partial charge in [0.15, 0.2) is 0 Å². The molecule has 1 aromatic heterocycles. The van der Waals surface area contributed by atoms with Gasteiger partial charge in [-0.05, 0) is 65.5 Å². The SMILES string of the molecule is CCOc1nc(N[C@H]2CC[C@H](N(C(=O)O)C(C)(C)C)CC2)ccc1C#N. The fourth-order valence-corrected chi connectivity index (χ4v) is 3.53. The summed E-state index contributed by atoms with van der Waals surface area (Å²) in [6, 6.07) is 5.84. The number of rotatable bonds is 5. The smallest absolute Gasteiger partial charge is 0.407 e. The number of nitrogens with zero attached hydrogens (tertiary/aromatic N) is 3. The highest BCUT2D eigenvalue weighted by molar-refractivity contribution is 5.66. The van der Waals surface area contributed by atoms with Crippen LogP contribution in [0.4, 0.5) is 10.6 Å². The van der Waals surface area contributed by atoms with Gasteiger partial charge in [-0.25, -0.2) is 4.79 Å². The van der Waals surface area contributed by atoms with E-state index in [1.807, 2.05) is 27.7 Å². The van der Waals surface area contributed by atoms with Crippen LogP contribution in [0.2, 0.25) is 0 Å². The molecule has 0 unspecified atom stereocenters. The van der Waals surface area contributed by atoms with E-state index in [1.165, 1.54) is 0 Å². The predicted molar refractivity (Wildman–Crippen MR) is 99.4 cm³/mol. The molecular formula is C19H28N4O3. The van der Waals surface area contributed by atoms with Gasteiger partial charge in [-0.15, -0.1) is 0 Å². The lowest BCUT2D eigenvalue weighted by atomic mass is 9.88. The number of pyridine rings is 1. The molecule has 26 heavy (non-hydrogen) atoms. The van der Waals surface area contributed by atoms with Crippen LogP contribution in [0.5, 0.6) is 5.88 Å². The van der Waals surface area contributed by atoms with Crippen molar-refractivity contribution in [1.82, 2.24) is 9.88 Å². The lowest BCUT2D eigenvalue weighted by Gasteiger charge is -2.42. The monoisotopic (exact) mass is 360 g/mol. The van der Waals surface area contributed by atoms with Crippen molar-refractivity contribution in [1.29, 1.82) is 5.26 Å². The van der Waals surface area contributed by atoms with Gasteiger partial charge in [-0.3, -0.25) is 0 Å². The van der Waals surface area contributed by atoms with Crippen LogP contribution in [0.15, 0.2) is 12.1 Å². The molecule has 7 heteroatoms. The van der Waals surface area contributed by atoms with Gasteiger partial charge in [-0.2, -0.15) is 10.2 Å². The molecule has 0 aliphatic heterocycles. The number of hydrogen-bond acceptors (Lipinski definition) is 5. The molecule has 2 rings (SSSR count). The standard InChI is InChI=1S/C19H28N4O3/c1-5-26-17-13(12-20)6-11-16(22-17)21-14-7-9-15(10-8-14)23(18(24)25)19(2,3)4/h6,11,14-15H,5,7-10H2,1-4H3,(H,21,22)(H,24,25)/t14-,15-. The molecule has 1 aromatic rings. The van der Waals surface area contributed by atoms with Crippen LogP contribution in [0.3, 0.4) is 0 Å². The Morgan fingerprint density at radius 2 is 2.04 bits per heavy atom. The Morgan fingerprint density at radius 1 is 1.38 bits per heavy atom. The summed E-state index contributed by atoms with van der Waals surface area (Å²) in [5, 5.41) is 22.1. The van der Waals surface area contributed by atoms with E-state index in [-0.39, 0.29) is 12.1 Å². The molecule has 0 spiro atoms. The molecular weight excluding hydrogens is 332 g/mol. The second kappa shape index (κ2) is 8.26. The van der Waals surface area contributed by atoms with E-state index in [9.17, 15) is 9.90 Å². The Morgan fingerprint density at radius 3 is 2.54 bits per heavy atom. The number of nitriles is 1. The summed E-state index contributed by atoms with van der Waals surface area (Å²) in [5.74, 6) is 1.03. The highest BCUT2D eigenvalue weighted by atomic mass is 16.5. The van der Waals surface area contributed by atoms with E-state index in [0.29, 0.717) is 23.9 Å². The Kier molecular flexibility index (Phi) is 6.30. The first-order valence-electron chi connectivity index (χ1n) is 9.09. The van der Waals surface area contributed by atoms with Gasteiger partial charge >= 0.3 is 6.09 Å². The minimum atomic E-state index is -0.857. The minimum Gasteiger partial charge on any atom is -0.477 e. The molecule has 1 heterocycles. The quantitative estimate of drug-likeness (QED) is 0.827. The number of ether oxygens (including phenoxy) is 1. The average molecular weight is 360 g/mol. The highest BCUT2D eigenvalue weighted by Gasteiger charge is 2.35. The maximum atomic E-state index is 11.6. The molecule has 142 valence electrons. The van der Waals surface area contributed by atoms with Crippen molar-refractivity contribution in [3.05, 3.63) is 17.7 Å². The van der Waals surface area contributed by atoms with Crippen molar-refractivity contribution in [3.8, 4) is 11.9 Å². The van der Waals surface area contributed by atoms with Crippen molar-refractivity contribution >= 4 is 11.9 Å². The third-order valence-electron chi connectivity index (χ3n) is 4.60. The molecule has 1 aliphatic rings. The van der Waals surface area contributed by atoms with Crippen molar-refractivity contribution in [2.45, 2.75) is 71.0 Å². The Hall–Kier alpha value is -2.49. The first-order valence-corrected chi connectivity index (χ1v) is 9.09. The highest BCUT2D eigenvalue weighted by Crippen LogP contribution is 2.30. The summed E-state index contributed by atoms with van der Waals surface area (Å²) in [6.45, 7) is 8.10. The molecule has 1 amide bonds. The fourth-order valence-electron chi connectivity index (χ4n) is 3.53. The summed E-state index contributed by atoms with van der Waals surface area (Å²) >= 11 is 0. The average Bonchev–Trinajstić information content (AvgIpc) is 2.55. The zero-order valence-corrected chi connectivity index (χ0v) is 16.0. The number of carboxylic acid groups (broad SMARTS) is 1. The maximum Gasteiger partial charge on any atom is 0.407 e. The molecule has 0 atom stereocenters. The van der Waals surface area contributed by atoms with Crippen LogP contribution in [0.1, 0.15) is 58.9 Å². The fraction of sp³-hybridized carbons (Fsp3) is 0.632. The van der Waals surface area contributed by atoms with Crippen LogP contribution in [-0.2, 0) is 0 Å². The third-order valence-corrected chi connectivity index (χ3v) is 4.60. The van der Waals surface area contributed by atoms with E-state index >= 15 is 0 Å². The van der Waals surface area contributed by atoms with Crippen molar-refractivity contribution in [2.24, 2.45) is 0 Å². The number of anilines is 1. The van der Waals surface area contributed by atoms with Gasteiger partial charge in [0, 0.05) is 17.6 Å². The second-order valence-corrected chi connectivity index (χ2v) is 7.57. The van der Waals surface area contributed by atoms with Gasteiger partial charge in [0.05, 0.1) is 6.61 Å². The molecule has 2 N–H and O–H groups in total. The van der Waals surface area contributed by atoms with Gasteiger partial charge < -0.3 is 20.1 Å². The maximum absolute atomic E-state index is 11.6. The lowest BCUT2D eigenvalue weighted by Crippen LogP contribution is -2.52. The molecule has 1 saturated carbocycles. The summed E-state index contributed by atoms with van der Waals surface area (Å²) in [6.07, 6.45) is 2.52. The van der Waals surface area contributed by atoms with Crippen molar-refractivity contribution in [2.75, 3.05) is 11.9 Å². The summed E-state index contributed by atoms with van der Waals surface area (Å²) < 4.78 is 5.42. The molecule has 0 aromatic carbocycles. The summed E-state index contributed by atoms with van der Waals surface area (Å²) in [4.78, 5) is 17.6. The number of nitrogens with one attached hydrogen (secondary N) is 1.